The Morgan fingerprint density at radius 1 is 1.56 bits per heavy atom. The summed E-state index contributed by atoms with van der Waals surface area (Å²) < 4.78 is 1.55. The molecule has 0 aliphatic carbocycles. The topological polar surface area (TPSA) is 54.3 Å². The van der Waals surface area contributed by atoms with Crippen LogP contribution in [0.25, 0.3) is 0 Å². The van der Waals surface area contributed by atoms with Gasteiger partial charge in [-0.3, -0.25) is 4.79 Å². The number of aliphatic hydroxyl groups is 1. The molecule has 1 unspecified atom stereocenters. The van der Waals surface area contributed by atoms with E-state index in [9.17, 15) is 4.79 Å². The molecule has 0 saturated heterocycles. The lowest BCUT2D eigenvalue weighted by Gasteiger charge is -2.09. The van der Waals surface area contributed by atoms with Crippen LogP contribution in [0.2, 0.25) is 10.2 Å². The maximum Gasteiger partial charge on any atom is 0.267 e. The Morgan fingerprint density at radius 2 is 2.22 bits per heavy atom. The predicted octanol–water partition coefficient (Wildman–Crippen LogP) is 2.47. The van der Waals surface area contributed by atoms with Gasteiger partial charge in [0.15, 0.2) is 0 Å². The Balaban J connectivity index is 2.44. The molecule has 2 N–H and O–H groups in total. The number of aliphatic hydroxyl groups excluding tert-OH is 1. The van der Waals surface area contributed by atoms with E-state index >= 15 is 0 Å². The number of hydrogen-bond donors (Lipinski definition) is 2. The average molecular weight is 293 g/mol. The van der Waals surface area contributed by atoms with Crippen LogP contribution in [0.3, 0.4) is 0 Å². The molecule has 0 radical (unpaired) electrons. The van der Waals surface area contributed by atoms with E-state index in [4.69, 9.17) is 28.3 Å². The fraction of sp³-hybridized carbons (Fsp3) is 0.583. The summed E-state index contributed by atoms with van der Waals surface area (Å²) in [5.74, 6) is 0.0729. The van der Waals surface area contributed by atoms with Gasteiger partial charge in [-0.05, 0) is 24.8 Å². The average Bonchev–Trinajstić information content (AvgIpc) is 2.61. The van der Waals surface area contributed by atoms with Gasteiger partial charge in [0, 0.05) is 20.2 Å². The van der Waals surface area contributed by atoms with Crippen LogP contribution in [0.1, 0.15) is 30.3 Å². The quantitative estimate of drug-likeness (QED) is 0.792. The molecule has 0 bridgehead atoms. The Hall–Kier alpha value is -0.710. The van der Waals surface area contributed by atoms with Crippen LogP contribution in [0.4, 0.5) is 0 Å². The Bertz CT molecular complexity index is 418. The highest BCUT2D eigenvalue weighted by molar-refractivity contribution is 6.41. The van der Waals surface area contributed by atoms with E-state index in [1.54, 1.807) is 17.7 Å². The first-order valence-corrected chi connectivity index (χ1v) is 6.62. The molecule has 18 heavy (non-hydrogen) atoms. The van der Waals surface area contributed by atoms with Gasteiger partial charge in [-0.2, -0.15) is 0 Å². The van der Waals surface area contributed by atoms with Crippen molar-refractivity contribution < 1.29 is 9.90 Å². The van der Waals surface area contributed by atoms with Gasteiger partial charge in [-0.1, -0.05) is 30.1 Å². The van der Waals surface area contributed by atoms with Crippen LogP contribution in [0, 0.1) is 5.92 Å². The lowest BCUT2D eigenvalue weighted by atomic mass is 10.1. The van der Waals surface area contributed by atoms with Gasteiger partial charge < -0.3 is 15.0 Å². The van der Waals surface area contributed by atoms with Crippen molar-refractivity contribution in [2.45, 2.75) is 19.8 Å². The summed E-state index contributed by atoms with van der Waals surface area (Å²) in [6.07, 6.45) is 1.71. The smallest absolute Gasteiger partial charge is 0.267 e. The molecule has 1 heterocycles. The molecule has 0 aliphatic rings. The largest absolute Gasteiger partial charge is 0.396 e. The van der Waals surface area contributed by atoms with Gasteiger partial charge in [0.05, 0.1) is 5.02 Å². The van der Waals surface area contributed by atoms with Crippen molar-refractivity contribution in [3.05, 3.63) is 21.9 Å². The third kappa shape index (κ3) is 3.90. The number of halogens is 2. The minimum atomic E-state index is -0.192. The minimum Gasteiger partial charge on any atom is -0.396 e. The Kier molecular flexibility index (Phi) is 5.99. The second-order valence-electron chi connectivity index (χ2n) is 4.41. The van der Waals surface area contributed by atoms with Crippen molar-refractivity contribution in [3.8, 4) is 0 Å². The van der Waals surface area contributed by atoms with Crippen molar-refractivity contribution in [2.24, 2.45) is 13.0 Å². The summed E-state index contributed by atoms with van der Waals surface area (Å²) >= 11 is 11.7. The highest BCUT2D eigenvalue weighted by Crippen LogP contribution is 2.24. The van der Waals surface area contributed by atoms with Crippen LogP contribution in [-0.4, -0.2) is 28.7 Å². The van der Waals surface area contributed by atoms with Gasteiger partial charge >= 0.3 is 0 Å². The highest BCUT2D eigenvalue weighted by Gasteiger charge is 2.15. The van der Waals surface area contributed by atoms with Crippen LogP contribution in [-0.2, 0) is 7.05 Å². The van der Waals surface area contributed by atoms with Crippen LogP contribution in [0.5, 0.6) is 0 Å². The molecule has 0 fully saturated rings. The van der Waals surface area contributed by atoms with Crippen LogP contribution >= 0.6 is 23.2 Å². The molecular formula is C12H18Cl2N2O2. The molecule has 102 valence electrons. The highest BCUT2D eigenvalue weighted by atomic mass is 35.5. The summed E-state index contributed by atoms with van der Waals surface area (Å²) in [6, 6.07) is 1.55. The number of carbonyl (C=O) groups excluding carboxylic acids is 1. The van der Waals surface area contributed by atoms with Crippen molar-refractivity contribution in [2.75, 3.05) is 13.2 Å². The Labute approximate surface area is 117 Å². The zero-order valence-electron chi connectivity index (χ0n) is 10.5. The molecule has 0 spiro atoms. The van der Waals surface area contributed by atoms with Crippen LogP contribution in [0.15, 0.2) is 6.07 Å². The molecule has 0 aliphatic heterocycles. The van der Waals surface area contributed by atoms with E-state index in [1.807, 2.05) is 6.92 Å². The Morgan fingerprint density at radius 3 is 2.72 bits per heavy atom. The molecule has 1 aromatic rings. The first-order valence-electron chi connectivity index (χ1n) is 5.87. The first kappa shape index (κ1) is 15.3. The summed E-state index contributed by atoms with van der Waals surface area (Å²) in [6.45, 7) is 2.72. The fourth-order valence-electron chi connectivity index (χ4n) is 1.59. The number of hydrogen-bond acceptors (Lipinski definition) is 2. The third-order valence-corrected chi connectivity index (χ3v) is 3.66. The summed E-state index contributed by atoms with van der Waals surface area (Å²) in [5, 5.41) is 12.4. The van der Waals surface area contributed by atoms with Crippen molar-refractivity contribution in [1.29, 1.82) is 0 Å². The van der Waals surface area contributed by atoms with Gasteiger partial charge in [0.1, 0.15) is 10.8 Å². The van der Waals surface area contributed by atoms with E-state index in [0.717, 1.165) is 12.8 Å². The second kappa shape index (κ2) is 7.02. The summed E-state index contributed by atoms with van der Waals surface area (Å²) in [4.78, 5) is 11.8. The standard InChI is InChI=1S/C12H18Cl2N2O2/c1-8(7-17)4-3-5-15-12(18)10-6-9(13)11(14)16(10)2/h6,8,17H,3-5,7H2,1-2H3,(H,15,18). The van der Waals surface area contributed by atoms with Gasteiger partial charge in [0.25, 0.3) is 5.91 Å². The lowest BCUT2D eigenvalue weighted by Crippen LogP contribution is -2.26. The van der Waals surface area contributed by atoms with Gasteiger partial charge in [-0.15, -0.1) is 0 Å². The lowest BCUT2D eigenvalue weighted by molar-refractivity contribution is 0.0944. The zero-order chi connectivity index (χ0) is 13.7. The molecule has 1 amide bonds. The summed E-state index contributed by atoms with van der Waals surface area (Å²) in [5.41, 5.74) is 0.445. The SMILES string of the molecule is CC(CO)CCCNC(=O)c1cc(Cl)c(Cl)n1C. The second-order valence-corrected chi connectivity index (χ2v) is 5.18. The number of amides is 1. The number of nitrogens with zero attached hydrogens (tertiary/aromatic N) is 1. The van der Waals surface area contributed by atoms with Crippen molar-refractivity contribution >= 4 is 29.1 Å². The van der Waals surface area contributed by atoms with E-state index in [2.05, 4.69) is 5.32 Å². The molecule has 1 atom stereocenters. The first-order chi connectivity index (χ1) is 8.47. The molecule has 4 nitrogen and oxygen atoms in total. The summed E-state index contributed by atoms with van der Waals surface area (Å²) in [7, 11) is 1.69. The van der Waals surface area contributed by atoms with Gasteiger partial charge in [0.2, 0.25) is 0 Å². The van der Waals surface area contributed by atoms with E-state index in [-0.39, 0.29) is 18.4 Å². The maximum atomic E-state index is 11.8. The van der Waals surface area contributed by atoms with Crippen molar-refractivity contribution in [3.63, 3.8) is 0 Å². The third-order valence-electron chi connectivity index (χ3n) is 2.82. The normalized spacial score (nSPS) is 12.5. The molecule has 1 aromatic heterocycles. The monoisotopic (exact) mass is 292 g/mol. The molecular weight excluding hydrogens is 275 g/mol. The molecule has 0 saturated carbocycles. The number of nitrogens with one attached hydrogen (secondary N) is 1. The van der Waals surface area contributed by atoms with Crippen molar-refractivity contribution in [1.82, 2.24) is 9.88 Å². The fourth-order valence-corrected chi connectivity index (χ4v) is 1.97. The number of carbonyl (C=O) groups is 1. The maximum absolute atomic E-state index is 11.8. The number of aromatic nitrogens is 1. The number of rotatable bonds is 6. The zero-order valence-corrected chi connectivity index (χ0v) is 12.1. The van der Waals surface area contributed by atoms with Crippen LogP contribution < -0.4 is 5.32 Å². The van der Waals surface area contributed by atoms with E-state index < -0.39 is 0 Å². The molecule has 0 aromatic carbocycles. The molecule has 1 rings (SSSR count). The predicted molar refractivity (Wildman–Crippen MR) is 73.3 cm³/mol. The van der Waals surface area contributed by atoms with E-state index in [0.29, 0.717) is 22.4 Å². The molecule has 6 heteroatoms. The van der Waals surface area contributed by atoms with E-state index in [1.165, 1.54) is 0 Å². The van der Waals surface area contributed by atoms with Gasteiger partial charge in [-0.25, -0.2) is 0 Å². The minimum absolute atomic E-state index is 0.178.